The maximum atomic E-state index is 5.46. The number of aryl methyl sites for hydroxylation is 1. The second-order valence-electron chi connectivity index (χ2n) is 5.18. The average Bonchev–Trinajstić information content (AvgIpc) is 2.96. The molecule has 2 aromatic heterocycles. The Morgan fingerprint density at radius 1 is 1.29 bits per heavy atom. The molecule has 1 N–H and O–H groups in total. The highest BCUT2D eigenvalue weighted by atomic mass is 32.1. The van der Waals surface area contributed by atoms with Gasteiger partial charge < -0.3 is 15.0 Å². The summed E-state index contributed by atoms with van der Waals surface area (Å²) in [6, 6.07) is 2.24. The van der Waals surface area contributed by atoms with Crippen molar-refractivity contribution in [1.82, 2.24) is 9.97 Å². The van der Waals surface area contributed by atoms with E-state index in [2.05, 4.69) is 35.1 Å². The zero-order chi connectivity index (χ0) is 14.7. The molecular weight excluding hydrogens is 284 g/mol. The lowest BCUT2D eigenvalue weighted by molar-refractivity contribution is 0.122. The van der Waals surface area contributed by atoms with E-state index in [-0.39, 0.29) is 0 Å². The number of hydrogen-bond donors (Lipinski definition) is 1. The van der Waals surface area contributed by atoms with E-state index in [0.29, 0.717) is 0 Å². The van der Waals surface area contributed by atoms with Gasteiger partial charge in [0, 0.05) is 24.5 Å². The molecule has 0 bridgehead atoms. The monoisotopic (exact) mass is 306 g/mol. The molecule has 1 fully saturated rings. The molecule has 114 valence electrons. The fraction of sp³-hybridized carbons (Fsp3) is 0.600. The van der Waals surface area contributed by atoms with E-state index < -0.39 is 0 Å². The van der Waals surface area contributed by atoms with E-state index in [1.54, 1.807) is 11.3 Å². The van der Waals surface area contributed by atoms with Crippen molar-refractivity contribution in [3.05, 3.63) is 10.9 Å². The van der Waals surface area contributed by atoms with Gasteiger partial charge in [-0.2, -0.15) is 4.98 Å². The van der Waals surface area contributed by atoms with E-state index in [1.807, 2.05) is 0 Å². The SMILES string of the molecule is CCCNc1nc(N2CCOCC2)c2cc(CC)sc2n1. The normalized spacial score (nSPS) is 15.6. The standard InChI is InChI=1S/C15H22N4OS/c1-3-5-16-15-17-13(19-6-8-20-9-7-19)12-10-11(4-2)21-14(12)18-15/h10H,3-9H2,1-2H3,(H,16,17,18). The summed E-state index contributed by atoms with van der Waals surface area (Å²) in [4.78, 5) is 14.2. The molecule has 6 heteroatoms. The lowest BCUT2D eigenvalue weighted by Gasteiger charge is -2.28. The number of aromatic nitrogens is 2. The highest BCUT2D eigenvalue weighted by molar-refractivity contribution is 7.18. The zero-order valence-corrected chi connectivity index (χ0v) is 13.5. The van der Waals surface area contributed by atoms with E-state index in [0.717, 1.165) is 62.3 Å². The minimum absolute atomic E-state index is 0.746. The van der Waals surface area contributed by atoms with Crippen molar-refractivity contribution in [1.29, 1.82) is 0 Å². The Bertz CT molecular complexity index is 607. The molecule has 5 nitrogen and oxygen atoms in total. The first-order valence-corrected chi connectivity index (χ1v) is 8.50. The van der Waals surface area contributed by atoms with Gasteiger partial charge in [0.05, 0.1) is 18.6 Å². The summed E-state index contributed by atoms with van der Waals surface area (Å²) in [5, 5.41) is 4.50. The van der Waals surface area contributed by atoms with Crippen molar-refractivity contribution in [2.45, 2.75) is 26.7 Å². The highest BCUT2D eigenvalue weighted by Crippen LogP contribution is 2.32. The van der Waals surface area contributed by atoms with Gasteiger partial charge in [-0.15, -0.1) is 11.3 Å². The van der Waals surface area contributed by atoms with Crippen LogP contribution >= 0.6 is 11.3 Å². The minimum atomic E-state index is 0.746. The maximum Gasteiger partial charge on any atom is 0.226 e. The fourth-order valence-electron chi connectivity index (χ4n) is 2.46. The molecule has 0 atom stereocenters. The summed E-state index contributed by atoms with van der Waals surface area (Å²) in [5.41, 5.74) is 0. The summed E-state index contributed by atoms with van der Waals surface area (Å²) in [5.74, 6) is 1.80. The van der Waals surface area contributed by atoms with Crippen molar-refractivity contribution in [3.63, 3.8) is 0 Å². The number of nitrogens with one attached hydrogen (secondary N) is 1. The lowest BCUT2D eigenvalue weighted by atomic mass is 10.3. The molecule has 21 heavy (non-hydrogen) atoms. The largest absolute Gasteiger partial charge is 0.378 e. The Morgan fingerprint density at radius 3 is 2.81 bits per heavy atom. The van der Waals surface area contributed by atoms with Gasteiger partial charge in [-0.25, -0.2) is 4.98 Å². The number of morpholine rings is 1. The van der Waals surface area contributed by atoms with Crippen molar-refractivity contribution in [3.8, 4) is 0 Å². The van der Waals surface area contributed by atoms with Crippen molar-refractivity contribution in [2.75, 3.05) is 43.1 Å². The summed E-state index contributed by atoms with van der Waals surface area (Å²) < 4.78 is 5.46. The molecule has 0 aliphatic carbocycles. The Morgan fingerprint density at radius 2 is 2.10 bits per heavy atom. The van der Waals surface area contributed by atoms with Crippen LogP contribution in [0.1, 0.15) is 25.1 Å². The second kappa shape index (κ2) is 6.58. The molecular formula is C15H22N4OS. The predicted molar refractivity (Wildman–Crippen MR) is 88.6 cm³/mol. The third-order valence-electron chi connectivity index (χ3n) is 3.62. The van der Waals surface area contributed by atoms with E-state index in [4.69, 9.17) is 9.72 Å². The number of ether oxygens (including phenoxy) is 1. The van der Waals surface area contributed by atoms with Crippen LogP contribution in [0.5, 0.6) is 0 Å². The summed E-state index contributed by atoms with van der Waals surface area (Å²) in [7, 11) is 0. The van der Waals surface area contributed by atoms with Crippen molar-refractivity contribution < 1.29 is 4.74 Å². The second-order valence-corrected chi connectivity index (χ2v) is 6.30. The van der Waals surface area contributed by atoms with E-state index in [1.165, 1.54) is 10.3 Å². The lowest BCUT2D eigenvalue weighted by Crippen LogP contribution is -2.37. The van der Waals surface area contributed by atoms with Crippen LogP contribution in [0.3, 0.4) is 0 Å². The first-order chi connectivity index (χ1) is 10.3. The first kappa shape index (κ1) is 14.5. The molecule has 3 rings (SSSR count). The smallest absolute Gasteiger partial charge is 0.226 e. The molecule has 1 aliphatic rings. The van der Waals surface area contributed by atoms with E-state index >= 15 is 0 Å². The Kier molecular flexibility index (Phi) is 4.55. The van der Waals surface area contributed by atoms with Gasteiger partial charge in [-0.1, -0.05) is 13.8 Å². The van der Waals surface area contributed by atoms with Crippen molar-refractivity contribution in [2.24, 2.45) is 0 Å². The topological polar surface area (TPSA) is 50.3 Å². The number of anilines is 2. The maximum absolute atomic E-state index is 5.46. The quantitative estimate of drug-likeness (QED) is 0.920. The molecule has 0 saturated carbocycles. The van der Waals surface area contributed by atoms with Crippen LogP contribution in [0.25, 0.3) is 10.2 Å². The number of fused-ring (bicyclic) bond motifs is 1. The molecule has 0 unspecified atom stereocenters. The summed E-state index contributed by atoms with van der Waals surface area (Å²) in [6.07, 6.45) is 2.11. The average molecular weight is 306 g/mol. The number of hydrogen-bond acceptors (Lipinski definition) is 6. The van der Waals surface area contributed by atoms with Crippen LogP contribution in [0.4, 0.5) is 11.8 Å². The van der Waals surface area contributed by atoms with Crippen LogP contribution in [0.2, 0.25) is 0 Å². The fourth-order valence-corrected chi connectivity index (χ4v) is 3.42. The van der Waals surface area contributed by atoms with Crippen LogP contribution < -0.4 is 10.2 Å². The molecule has 2 aromatic rings. The molecule has 1 aliphatic heterocycles. The number of nitrogens with zero attached hydrogens (tertiary/aromatic N) is 3. The van der Waals surface area contributed by atoms with Gasteiger partial charge in [0.2, 0.25) is 5.95 Å². The summed E-state index contributed by atoms with van der Waals surface area (Å²) in [6.45, 7) is 8.58. The van der Waals surface area contributed by atoms with Gasteiger partial charge in [0.25, 0.3) is 0 Å². The third kappa shape index (κ3) is 3.11. The minimum Gasteiger partial charge on any atom is -0.378 e. The molecule has 3 heterocycles. The summed E-state index contributed by atoms with van der Waals surface area (Å²) >= 11 is 1.77. The first-order valence-electron chi connectivity index (χ1n) is 7.68. The van der Waals surface area contributed by atoms with Gasteiger partial charge >= 0.3 is 0 Å². The Labute approximate surface area is 129 Å². The van der Waals surface area contributed by atoms with Gasteiger partial charge in [-0.05, 0) is 18.9 Å². The number of thiophene rings is 1. The van der Waals surface area contributed by atoms with Crippen LogP contribution in [0, 0.1) is 0 Å². The molecule has 0 aromatic carbocycles. The van der Waals surface area contributed by atoms with Crippen LogP contribution in [0.15, 0.2) is 6.07 Å². The predicted octanol–water partition coefficient (Wildman–Crippen LogP) is 2.91. The molecule has 0 radical (unpaired) electrons. The van der Waals surface area contributed by atoms with Gasteiger partial charge in [0.1, 0.15) is 10.6 Å². The van der Waals surface area contributed by atoms with Crippen molar-refractivity contribution >= 4 is 33.3 Å². The third-order valence-corrected chi connectivity index (χ3v) is 4.79. The molecule has 1 saturated heterocycles. The van der Waals surface area contributed by atoms with Crippen LogP contribution in [-0.4, -0.2) is 42.8 Å². The molecule has 0 amide bonds. The zero-order valence-electron chi connectivity index (χ0n) is 12.7. The van der Waals surface area contributed by atoms with Crippen LogP contribution in [-0.2, 0) is 11.2 Å². The Balaban J connectivity index is 2.02. The number of rotatable bonds is 5. The van der Waals surface area contributed by atoms with E-state index in [9.17, 15) is 0 Å². The van der Waals surface area contributed by atoms with Gasteiger partial charge in [0.15, 0.2) is 0 Å². The Hall–Kier alpha value is -1.40. The highest BCUT2D eigenvalue weighted by Gasteiger charge is 2.18. The molecule has 0 spiro atoms. The van der Waals surface area contributed by atoms with Gasteiger partial charge in [-0.3, -0.25) is 0 Å².